The number of likely N-dealkylation sites (tertiary alicyclic amines) is 1. The van der Waals surface area contributed by atoms with E-state index < -0.39 is 5.97 Å². The van der Waals surface area contributed by atoms with Crippen molar-refractivity contribution in [1.29, 1.82) is 5.26 Å². The molecule has 26 heavy (non-hydrogen) atoms. The number of hydrogen-bond donors (Lipinski definition) is 2. The Kier molecular flexibility index (Phi) is 5.60. The first-order valence-corrected chi connectivity index (χ1v) is 8.93. The van der Waals surface area contributed by atoms with E-state index in [1.165, 1.54) is 17.5 Å². The lowest BCUT2D eigenvalue weighted by atomic mass is 10.1. The molecule has 2 aromatic heterocycles. The molecule has 1 aliphatic heterocycles. The van der Waals surface area contributed by atoms with Crippen molar-refractivity contribution in [2.75, 3.05) is 25.0 Å². The predicted octanol–water partition coefficient (Wildman–Crippen LogP) is 1.78. The summed E-state index contributed by atoms with van der Waals surface area (Å²) in [5, 5.41) is 21.3. The summed E-state index contributed by atoms with van der Waals surface area (Å²) in [5.41, 5.74) is 0. The number of anilines is 2. The number of nitrogens with zero attached hydrogens (tertiary/aromatic N) is 5. The number of carboxylic acid groups (broad SMARTS) is 1. The zero-order chi connectivity index (χ0) is 18.5. The molecule has 0 spiro atoms. The number of aliphatic carboxylic acids is 1. The maximum atomic E-state index is 10.8. The van der Waals surface area contributed by atoms with Crippen LogP contribution in [0.15, 0.2) is 12.3 Å². The lowest BCUT2D eigenvalue weighted by Gasteiger charge is -2.30. The first-order chi connectivity index (χ1) is 12.5. The number of nitriles is 1. The Morgan fingerprint density at radius 2 is 2.27 bits per heavy atom. The highest BCUT2D eigenvalue weighted by Crippen LogP contribution is 2.24. The second-order valence-corrected chi connectivity index (χ2v) is 6.92. The van der Waals surface area contributed by atoms with Crippen LogP contribution in [0.4, 0.5) is 10.9 Å². The Hall–Kier alpha value is -2.77. The van der Waals surface area contributed by atoms with Gasteiger partial charge in [0.15, 0.2) is 5.13 Å². The van der Waals surface area contributed by atoms with Gasteiger partial charge in [0.2, 0.25) is 5.88 Å². The molecule has 1 aliphatic rings. The summed E-state index contributed by atoms with van der Waals surface area (Å²) in [4.78, 5) is 25.9. The van der Waals surface area contributed by atoms with Gasteiger partial charge in [0.25, 0.3) is 0 Å². The summed E-state index contributed by atoms with van der Waals surface area (Å²) < 4.78 is 5.96. The highest BCUT2D eigenvalue weighted by Gasteiger charge is 2.22. The fraction of sp³-hybridized carbons (Fsp3) is 0.438. The number of carboxylic acids is 1. The maximum Gasteiger partial charge on any atom is 0.317 e. The summed E-state index contributed by atoms with van der Waals surface area (Å²) in [6.45, 7) is 3.20. The second-order valence-electron chi connectivity index (χ2n) is 5.89. The van der Waals surface area contributed by atoms with Gasteiger partial charge >= 0.3 is 5.97 Å². The highest BCUT2D eigenvalue weighted by atomic mass is 32.1. The number of hydrogen-bond acceptors (Lipinski definition) is 9. The summed E-state index contributed by atoms with van der Waals surface area (Å²) in [6, 6.07) is 3.74. The van der Waals surface area contributed by atoms with E-state index in [9.17, 15) is 4.79 Å². The molecule has 3 rings (SSSR count). The fourth-order valence-electron chi connectivity index (χ4n) is 2.71. The van der Waals surface area contributed by atoms with Gasteiger partial charge in [0, 0.05) is 19.2 Å². The van der Waals surface area contributed by atoms with Crippen LogP contribution in [0, 0.1) is 18.3 Å². The Morgan fingerprint density at radius 3 is 2.92 bits per heavy atom. The molecule has 2 aromatic rings. The number of aryl methyl sites for hydroxylation is 1. The number of aromatic nitrogens is 3. The van der Waals surface area contributed by atoms with Gasteiger partial charge in [-0.2, -0.15) is 10.2 Å². The highest BCUT2D eigenvalue weighted by molar-refractivity contribution is 7.16. The van der Waals surface area contributed by atoms with Crippen molar-refractivity contribution in [3.8, 4) is 11.9 Å². The monoisotopic (exact) mass is 374 g/mol. The molecule has 0 bridgehead atoms. The van der Waals surface area contributed by atoms with E-state index in [1.54, 1.807) is 13.0 Å². The van der Waals surface area contributed by atoms with Gasteiger partial charge in [-0.05, 0) is 19.8 Å². The molecule has 136 valence electrons. The molecule has 0 aromatic carbocycles. The van der Waals surface area contributed by atoms with E-state index in [0.717, 1.165) is 12.8 Å². The van der Waals surface area contributed by atoms with Gasteiger partial charge in [-0.3, -0.25) is 9.69 Å². The number of rotatable bonds is 6. The van der Waals surface area contributed by atoms with Crippen molar-refractivity contribution in [2.24, 2.45) is 0 Å². The van der Waals surface area contributed by atoms with Crippen LogP contribution in [0.3, 0.4) is 0 Å². The molecule has 9 nitrogen and oxygen atoms in total. The average Bonchev–Trinajstić information content (AvgIpc) is 3.03. The van der Waals surface area contributed by atoms with E-state index in [2.05, 4.69) is 20.3 Å². The largest absolute Gasteiger partial charge is 0.480 e. The summed E-state index contributed by atoms with van der Waals surface area (Å²) in [5.74, 6) is 0.766. The molecule has 0 unspecified atom stereocenters. The summed E-state index contributed by atoms with van der Waals surface area (Å²) in [7, 11) is 0. The van der Waals surface area contributed by atoms with Crippen LogP contribution in [0.25, 0.3) is 0 Å². The molecule has 2 N–H and O–H groups in total. The third kappa shape index (κ3) is 4.87. The predicted molar refractivity (Wildman–Crippen MR) is 94.6 cm³/mol. The molecule has 10 heteroatoms. The van der Waals surface area contributed by atoms with Crippen LogP contribution in [0.5, 0.6) is 5.88 Å². The normalized spacial score (nSPS) is 15.4. The topological polar surface area (TPSA) is 124 Å². The molecule has 1 saturated heterocycles. The van der Waals surface area contributed by atoms with Crippen molar-refractivity contribution >= 4 is 28.3 Å². The van der Waals surface area contributed by atoms with Crippen LogP contribution in [-0.4, -0.2) is 56.7 Å². The molecule has 0 atom stereocenters. The minimum Gasteiger partial charge on any atom is -0.480 e. The van der Waals surface area contributed by atoms with Gasteiger partial charge < -0.3 is 15.2 Å². The van der Waals surface area contributed by atoms with Crippen LogP contribution >= 0.6 is 11.3 Å². The van der Waals surface area contributed by atoms with Crippen LogP contribution in [0.2, 0.25) is 0 Å². The summed E-state index contributed by atoms with van der Waals surface area (Å²) >= 11 is 1.24. The van der Waals surface area contributed by atoms with E-state index in [0.29, 0.717) is 40.6 Å². The van der Waals surface area contributed by atoms with Crippen molar-refractivity contribution in [3.63, 3.8) is 0 Å². The quantitative estimate of drug-likeness (QED) is 0.778. The second kappa shape index (κ2) is 8.07. The van der Waals surface area contributed by atoms with Crippen molar-refractivity contribution in [3.05, 3.63) is 23.0 Å². The Labute approximate surface area is 154 Å². The number of nitrogens with one attached hydrogen (secondary N) is 1. The Bertz CT molecular complexity index is 826. The SMILES string of the molecule is Cc1nc(Nc2ncc(C#N)s2)cc(OC2CCN(CC(=O)O)CC2)n1. The lowest BCUT2D eigenvalue weighted by Crippen LogP contribution is -2.40. The number of ether oxygens (including phenoxy) is 1. The van der Waals surface area contributed by atoms with Gasteiger partial charge in [0.05, 0.1) is 12.7 Å². The average molecular weight is 374 g/mol. The molecule has 0 amide bonds. The molecule has 1 fully saturated rings. The van der Waals surface area contributed by atoms with Crippen molar-refractivity contribution in [1.82, 2.24) is 19.9 Å². The number of piperidine rings is 1. The standard InChI is InChI=1S/C16H18N6O3S/c1-10-19-13(21-16-18-8-12(7-17)26-16)6-14(20-10)25-11-2-4-22(5-3-11)9-15(23)24/h6,8,11H,2-5,9H2,1H3,(H,23,24)(H,18,19,20,21). The smallest absolute Gasteiger partial charge is 0.317 e. The zero-order valence-corrected chi connectivity index (χ0v) is 15.0. The molecular formula is C16H18N6O3S. The Morgan fingerprint density at radius 1 is 1.50 bits per heavy atom. The van der Waals surface area contributed by atoms with Crippen LogP contribution in [-0.2, 0) is 4.79 Å². The van der Waals surface area contributed by atoms with Gasteiger partial charge in [-0.25, -0.2) is 9.97 Å². The van der Waals surface area contributed by atoms with E-state index in [-0.39, 0.29) is 12.6 Å². The van der Waals surface area contributed by atoms with Gasteiger partial charge in [0.1, 0.15) is 28.7 Å². The number of carbonyl (C=O) groups is 1. The number of thiazole rings is 1. The van der Waals surface area contributed by atoms with E-state index in [1.807, 2.05) is 11.0 Å². The van der Waals surface area contributed by atoms with Crippen LogP contribution < -0.4 is 10.1 Å². The molecule has 0 radical (unpaired) electrons. The fourth-order valence-corrected chi connectivity index (χ4v) is 3.33. The van der Waals surface area contributed by atoms with Crippen molar-refractivity contribution < 1.29 is 14.6 Å². The zero-order valence-electron chi connectivity index (χ0n) is 14.2. The van der Waals surface area contributed by atoms with Gasteiger partial charge in [-0.1, -0.05) is 11.3 Å². The molecule has 0 aliphatic carbocycles. The van der Waals surface area contributed by atoms with E-state index >= 15 is 0 Å². The van der Waals surface area contributed by atoms with Crippen LogP contribution in [0.1, 0.15) is 23.5 Å². The van der Waals surface area contributed by atoms with E-state index in [4.69, 9.17) is 15.1 Å². The Balaban J connectivity index is 1.61. The van der Waals surface area contributed by atoms with Crippen molar-refractivity contribution in [2.45, 2.75) is 25.9 Å². The van der Waals surface area contributed by atoms with Gasteiger partial charge in [-0.15, -0.1) is 0 Å². The lowest BCUT2D eigenvalue weighted by molar-refractivity contribution is -0.138. The third-order valence-corrected chi connectivity index (χ3v) is 4.66. The first kappa shape index (κ1) is 18.0. The first-order valence-electron chi connectivity index (χ1n) is 8.11. The minimum absolute atomic E-state index is 0.00718. The minimum atomic E-state index is -0.812. The molecule has 0 saturated carbocycles. The third-order valence-electron chi connectivity index (χ3n) is 3.85. The molecule has 3 heterocycles. The maximum absolute atomic E-state index is 10.8. The summed E-state index contributed by atoms with van der Waals surface area (Å²) in [6.07, 6.45) is 2.99. The molecular weight excluding hydrogens is 356 g/mol.